The molecule has 0 spiro atoms. The summed E-state index contributed by atoms with van der Waals surface area (Å²) in [5.41, 5.74) is 0. The van der Waals surface area contributed by atoms with E-state index in [-0.39, 0.29) is 0 Å². The summed E-state index contributed by atoms with van der Waals surface area (Å²) in [6, 6.07) is 0. The normalized spacial score (nSPS) is 41.0. The van der Waals surface area contributed by atoms with Crippen LogP contribution in [0.5, 0.6) is 0 Å². The maximum absolute atomic E-state index is 10.3. The van der Waals surface area contributed by atoms with Gasteiger partial charge in [-0.1, -0.05) is 0 Å². The lowest BCUT2D eigenvalue weighted by Gasteiger charge is -2.43. The molecule has 0 amide bonds. The van der Waals surface area contributed by atoms with E-state index in [2.05, 4.69) is 9.26 Å². The fraction of sp³-hybridized carbons (Fsp3) is 1.00. The van der Waals surface area contributed by atoms with Crippen molar-refractivity contribution in [3.8, 4) is 0 Å². The predicted molar refractivity (Wildman–Crippen MR) is 42.5 cm³/mol. The quantitative estimate of drug-likeness (QED) is 0.366. The van der Waals surface area contributed by atoms with E-state index < -0.39 is 45.1 Å². The van der Waals surface area contributed by atoms with Gasteiger partial charge in [-0.25, -0.2) is 0 Å². The minimum Gasteiger partial charge on any atom is -0.790 e. The van der Waals surface area contributed by atoms with Crippen LogP contribution in [0.25, 0.3) is 0 Å². The Kier molecular flexibility index (Phi) is 4.41. The van der Waals surface area contributed by atoms with Gasteiger partial charge in [0.15, 0.2) is 6.29 Å². The molecule has 0 unspecified atom stereocenters. The molecule has 1 aliphatic heterocycles. The van der Waals surface area contributed by atoms with Gasteiger partial charge in [-0.15, -0.1) is 0 Å². The minimum absolute atomic E-state index is 0.743. The third-order valence-electron chi connectivity index (χ3n) is 2.08. The molecule has 1 rings (SSSR count). The molecule has 1 saturated heterocycles. The molecular formula is C6H11O9P-2. The smallest absolute Gasteiger partial charge is 0.191 e. The number of hydrogen-bond donors (Lipinski definition) is 4. The molecule has 4 N–H and O–H groups in total. The summed E-state index contributed by atoms with van der Waals surface area (Å²) in [5, 5.41) is 36.5. The molecule has 0 aliphatic carbocycles. The van der Waals surface area contributed by atoms with Gasteiger partial charge in [0, 0.05) is 0 Å². The first kappa shape index (κ1) is 14.0. The van der Waals surface area contributed by atoms with Crippen LogP contribution in [0.15, 0.2) is 0 Å². The Morgan fingerprint density at radius 2 is 1.75 bits per heavy atom. The lowest BCUT2D eigenvalue weighted by atomic mass is 10.00. The van der Waals surface area contributed by atoms with Crippen LogP contribution in [-0.2, 0) is 13.8 Å². The van der Waals surface area contributed by atoms with Gasteiger partial charge in [0.1, 0.15) is 24.4 Å². The van der Waals surface area contributed by atoms with Crippen LogP contribution in [0.4, 0.5) is 0 Å². The Morgan fingerprint density at radius 3 is 2.19 bits per heavy atom. The zero-order chi connectivity index (χ0) is 12.5. The van der Waals surface area contributed by atoms with Gasteiger partial charge >= 0.3 is 0 Å². The molecule has 0 bridgehead atoms. The van der Waals surface area contributed by atoms with E-state index in [1.165, 1.54) is 0 Å². The fourth-order valence-electron chi connectivity index (χ4n) is 1.28. The van der Waals surface area contributed by atoms with Crippen molar-refractivity contribution in [1.82, 2.24) is 0 Å². The van der Waals surface area contributed by atoms with Gasteiger partial charge in [-0.2, -0.15) is 0 Å². The van der Waals surface area contributed by atoms with Crippen molar-refractivity contribution in [2.45, 2.75) is 30.7 Å². The van der Waals surface area contributed by atoms with E-state index in [1.807, 2.05) is 0 Å². The van der Waals surface area contributed by atoms with Crippen molar-refractivity contribution in [2.24, 2.45) is 0 Å². The second kappa shape index (κ2) is 5.05. The van der Waals surface area contributed by atoms with Crippen LogP contribution < -0.4 is 9.79 Å². The van der Waals surface area contributed by atoms with Crippen LogP contribution >= 0.6 is 7.82 Å². The van der Waals surface area contributed by atoms with Crippen molar-refractivity contribution in [3.63, 3.8) is 0 Å². The van der Waals surface area contributed by atoms with E-state index in [9.17, 15) is 29.7 Å². The molecule has 16 heavy (non-hydrogen) atoms. The zero-order valence-electron chi connectivity index (χ0n) is 7.87. The Morgan fingerprint density at radius 1 is 1.19 bits per heavy atom. The lowest BCUT2D eigenvalue weighted by molar-refractivity contribution is -0.368. The Labute approximate surface area is 90.1 Å². The summed E-state index contributed by atoms with van der Waals surface area (Å²) in [6.45, 7) is -0.743. The summed E-state index contributed by atoms with van der Waals surface area (Å²) in [7, 11) is -5.41. The molecule has 0 saturated carbocycles. The van der Waals surface area contributed by atoms with Gasteiger partial charge < -0.3 is 44.0 Å². The molecule has 1 aliphatic rings. The summed E-state index contributed by atoms with van der Waals surface area (Å²) in [5.74, 6) is 0. The molecule has 5 atom stereocenters. The molecule has 1 heterocycles. The van der Waals surface area contributed by atoms with Crippen LogP contribution in [0, 0.1) is 0 Å². The highest BCUT2D eigenvalue weighted by Gasteiger charge is 2.44. The number of aliphatic hydroxyl groups is 4. The van der Waals surface area contributed by atoms with Gasteiger partial charge in [-0.05, 0) is 0 Å². The topological polar surface area (TPSA) is 163 Å². The Balaban J connectivity index is 2.75. The summed E-state index contributed by atoms with van der Waals surface area (Å²) < 4.78 is 18.7. The number of aliphatic hydroxyl groups excluding tert-OH is 4. The predicted octanol–water partition coefficient (Wildman–Crippen LogP) is -4.37. The Bertz CT molecular complexity index is 275. The van der Waals surface area contributed by atoms with Gasteiger partial charge in [0.2, 0.25) is 0 Å². The molecule has 0 radical (unpaired) electrons. The summed E-state index contributed by atoms with van der Waals surface area (Å²) in [6.07, 6.45) is -8.61. The van der Waals surface area contributed by atoms with Crippen LogP contribution in [0.1, 0.15) is 0 Å². The number of phosphoric ester groups is 1. The Hall–Kier alpha value is -0.0900. The van der Waals surface area contributed by atoms with Crippen molar-refractivity contribution in [2.75, 3.05) is 6.61 Å². The molecule has 0 aromatic carbocycles. The number of phosphoric acid groups is 1. The average molecular weight is 258 g/mol. The van der Waals surface area contributed by atoms with Crippen LogP contribution in [0.2, 0.25) is 0 Å². The standard InChI is InChI=1S/C6H13O9P/c7-1-2-3(8)4(9)5(10)6(14-2)15-16(11,12)13/h2-10H,1H2,(H2,11,12,13)/p-2/t2-,3-,4+,5+,6-/m1/s1. The van der Waals surface area contributed by atoms with E-state index in [1.54, 1.807) is 0 Å². The first-order valence-corrected chi connectivity index (χ1v) is 5.73. The average Bonchev–Trinajstić information content (AvgIpc) is 2.17. The highest BCUT2D eigenvalue weighted by atomic mass is 31.2. The fourth-order valence-corrected chi connectivity index (χ4v) is 1.71. The number of rotatable bonds is 3. The number of hydrogen-bond acceptors (Lipinski definition) is 9. The van der Waals surface area contributed by atoms with Crippen molar-refractivity contribution in [3.05, 3.63) is 0 Å². The van der Waals surface area contributed by atoms with Crippen molar-refractivity contribution < 1.29 is 44.0 Å². The largest absolute Gasteiger partial charge is 0.790 e. The van der Waals surface area contributed by atoms with E-state index in [0.29, 0.717) is 0 Å². The highest BCUT2D eigenvalue weighted by Crippen LogP contribution is 2.33. The van der Waals surface area contributed by atoms with Crippen molar-refractivity contribution >= 4 is 7.82 Å². The highest BCUT2D eigenvalue weighted by molar-refractivity contribution is 7.43. The third-order valence-corrected chi connectivity index (χ3v) is 2.55. The molecule has 10 heteroatoms. The molecule has 96 valence electrons. The second-order valence-corrected chi connectivity index (χ2v) is 4.36. The summed E-state index contributed by atoms with van der Waals surface area (Å²) in [4.78, 5) is 20.6. The SMILES string of the molecule is O=P([O-])([O-])O[C@H]1O[C@H](CO)[C@@H](O)[C@H](O)[C@@H]1O. The lowest BCUT2D eigenvalue weighted by Crippen LogP contribution is -2.59. The van der Waals surface area contributed by atoms with E-state index >= 15 is 0 Å². The second-order valence-electron chi connectivity index (χ2n) is 3.25. The first-order valence-electron chi connectivity index (χ1n) is 4.27. The molecular weight excluding hydrogens is 247 g/mol. The van der Waals surface area contributed by atoms with Gasteiger partial charge in [0.25, 0.3) is 0 Å². The first-order chi connectivity index (χ1) is 7.26. The molecule has 0 aromatic rings. The van der Waals surface area contributed by atoms with Crippen LogP contribution in [0.3, 0.4) is 0 Å². The maximum Gasteiger partial charge on any atom is 0.191 e. The molecule has 0 aromatic heterocycles. The van der Waals surface area contributed by atoms with E-state index in [0.717, 1.165) is 0 Å². The van der Waals surface area contributed by atoms with E-state index in [4.69, 9.17) is 5.11 Å². The zero-order valence-corrected chi connectivity index (χ0v) is 8.77. The van der Waals surface area contributed by atoms with Crippen molar-refractivity contribution in [1.29, 1.82) is 0 Å². The monoisotopic (exact) mass is 258 g/mol. The van der Waals surface area contributed by atoms with Crippen LogP contribution in [-0.4, -0.2) is 57.7 Å². The maximum atomic E-state index is 10.3. The number of ether oxygens (including phenoxy) is 1. The summed E-state index contributed by atoms with van der Waals surface area (Å²) >= 11 is 0. The molecule has 9 nitrogen and oxygen atoms in total. The van der Waals surface area contributed by atoms with Gasteiger partial charge in [0.05, 0.1) is 14.4 Å². The molecule has 1 fully saturated rings. The third kappa shape index (κ3) is 3.20. The van der Waals surface area contributed by atoms with Gasteiger partial charge in [-0.3, -0.25) is 0 Å². The minimum atomic E-state index is -5.41.